The van der Waals surface area contributed by atoms with Crippen molar-refractivity contribution >= 4 is 15.8 Å². The summed E-state index contributed by atoms with van der Waals surface area (Å²) in [5.41, 5.74) is 2.71. The van der Waals surface area contributed by atoms with Gasteiger partial charge in [0.2, 0.25) is 0 Å². The molecular formula is C21H33N3O2S. The first-order valence-electron chi connectivity index (χ1n) is 10.1. The van der Waals surface area contributed by atoms with Gasteiger partial charge in [-0.3, -0.25) is 4.99 Å². The molecule has 1 N–H and O–H groups in total. The molecule has 2 heterocycles. The maximum Gasteiger partial charge on any atom is 0.193 e. The number of benzene rings is 1. The van der Waals surface area contributed by atoms with Crippen molar-refractivity contribution in [2.24, 2.45) is 16.8 Å². The van der Waals surface area contributed by atoms with E-state index in [9.17, 15) is 8.42 Å². The standard InChI is InChI=1S/C21H33N3O2S/c1-16(2)12-22-21(23-13-18-8-10-27(25,26)15-18)24-9-7-20(14-24)19-6-4-5-17(3)11-19/h4-6,11,16,18,20H,7-10,12-15H2,1-3H3,(H,22,23). The first-order valence-corrected chi connectivity index (χ1v) is 11.9. The van der Waals surface area contributed by atoms with Gasteiger partial charge in [0, 0.05) is 32.1 Å². The second-order valence-electron chi connectivity index (χ2n) is 8.55. The Balaban J connectivity index is 1.64. The van der Waals surface area contributed by atoms with E-state index in [1.807, 2.05) is 0 Å². The highest BCUT2D eigenvalue weighted by Gasteiger charge is 2.30. The molecule has 6 heteroatoms. The molecule has 2 unspecified atom stereocenters. The van der Waals surface area contributed by atoms with Crippen LogP contribution < -0.4 is 5.32 Å². The number of guanidine groups is 1. The molecule has 1 aromatic rings. The Morgan fingerprint density at radius 1 is 1.33 bits per heavy atom. The Morgan fingerprint density at radius 3 is 2.81 bits per heavy atom. The van der Waals surface area contributed by atoms with E-state index < -0.39 is 9.84 Å². The van der Waals surface area contributed by atoms with Crippen molar-refractivity contribution in [1.82, 2.24) is 10.2 Å². The van der Waals surface area contributed by atoms with Crippen molar-refractivity contribution in [2.75, 3.05) is 37.7 Å². The largest absolute Gasteiger partial charge is 0.356 e. The zero-order valence-electron chi connectivity index (χ0n) is 16.8. The smallest absolute Gasteiger partial charge is 0.193 e. The molecule has 0 bridgehead atoms. The van der Waals surface area contributed by atoms with Crippen LogP contribution in [0.25, 0.3) is 0 Å². The lowest BCUT2D eigenvalue weighted by molar-refractivity contribution is 0.466. The van der Waals surface area contributed by atoms with Gasteiger partial charge in [0.15, 0.2) is 15.8 Å². The van der Waals surface area contributed by atoms with Gasteiger partial charge < -0.3 is 10.2 Å². The first kappa shape index (κ1) is 20.2. The van der Waals surface area contributed by atoms with Gasteiger partial charge in [-0.25, -0.2) is 8.42 Å². The lowest BCUT2D eigenvalue weighted by atomic mass is 9.97. The summed E-state index contributed by atoms with van der Waals surface area (Å²) < 4.78 is 23.4. The summed E-state index contributed by atoms with van der Waals surface area (Å²) in [7, 11) is -2.83. The molecule has 0 aromatic heterocycles. The Kier molecular flexibility index (Phi) is 6.45. The number of rotatable bonds is 5. The molecular weight excluding hydrogens is 358 g/mol. The van der Waals surface area contributed by atoms with E-state index in [0.29, 0.717) is 29.9 Å². The van der Waals surface area contributed by atoms with Gasteiger partial charge in [-0.1, -0.05) is 43.7 Å². The lowest BCUT2D eigenvalue weighted by Crippen LogP contribution is -2.42. The Hall–Kier alpha value is -1.56. The highest BCUT2D eigenvalue weighted by Crippen LogP contribution is 2.28. The van der Waals surface area contributed by atoms with E-state index >= 15 is 0 Å². The van der Waals surface area contributed by atoms with Crippen LogP contribution >= 0.6 is 0 Å². The molecule has 2 aliphatic rings. The topological polar surface area (TPSA) is 61.8 Å². The summed E-state index contributed by atoms with van der Waals surface area (Å²) in [5.74, 6) is 2.82. The second kappa shape index (κ2) is 8.63. The van der Waals surface area contributed by atoms with Crippen molar-refractivity contribution in [3.63, 3.8) is 0 Å². The molecule has 150 valence electrons. The van der Waals surface area contributed by atoms with Crippen LogP contribution in [-0.4, -0.2) is 57.0 Å². The predicted octanol–water partition coefficient (Wildman–Crippen LogP) is 2.82. The van der Waals surface area contributed by atoms with E-state index in [4.69, 9.17) is 4.99 Å². The summed E-state index contributed by atoms with van der Waals surface area (Å²) in [4.78, 5) is 7.18. The van der Waals surface area contributed by atoms with Crippen LogP contribution in [0, 0.1) is 18.8 Å². The third-order valence-corrected chi connectivity index (χ3v) is 7.32. The van der Waals surface area contributed by atoms with Gasteiger partial charge in [-0.2, -0.15) is 0 Å². The molecule has 5 nitrogen and oxygen atoms in total. The molecule has 2 atom stereocenters. The summed E-state index contributed by atoms with van der Waals surface area (Å²) in [5, 5.41) is 3.49. The molecule has 2 fully saturated rings. The van der Waals surface area contributed by atoms with E-state index in [-0.39, 0.29) is 5.92 Å². The molecule has 1 aromatic carbocycles. The fourth-order valence-electron chi connectivity index (χ4n) is 3.95. The highest BCUT2D eigenvalue weighted by molar-refractivity contribution is 7.91. The average molecular weight is 392 g/mol. The monoisotopic (exact) mass is 391 g/mol. The summed E-state index contributed by atoms with van der Waals surface area (Å²) in [6, 6.07) is 8.79. The predicted molar refractivity (Wildman–Crippen MR) is 112 cm³/mol. The molecule has 0 aliphatic carbocycles. The van der Waals surface area contributed by atoms with Crippen LogP contribution in [0.5, 0.6) is 0 Å². The summed E-state index contributed by atoms with van der Waals surface area (Å²) in [6.07, 6.45) is 1.89. The fourth-order valence-corrected chi connectivity index (χ4v) is 5.82. The van der Waals surface area contributed by atoms with Gasteiger partial charge in [-0.15, -0.1) is 0 Å². The maximum absolute atomic E-state index is 11.7. The minimum atomic E-state index is -2.83. The second-order valence-corrected chi connectivity index (χ2v) is 10.8. The van der Waals surface area contributed by atoms with Gasteiger partial charge >= 0.3 is 0 Å². The molecule has 2 saturated heterocycles. The quantitative estimate of drug-likeness (QED) is 0.619. The first-order chi connectivity index (χ1) is 12.8. The van der Waals surface area contributed by atoms with E-state index in [1.54, 1.807) is 0 Å². The van der Waals surface area contributed by atoms with Crippen molar-refractivity contribution < 1.29 is 8.42 Å². The lowest BCUT2D eigenvalue weighted by Gasteiger charge is -2.24. The Labute approximate surface area is 164 Å². The van der Waals surface area contributed by atoms with Crippen LogP contribution in [0.3, 0.4) is 0 Å². The van der Waals surface area contributed by atoms with Crippen LogP contribution in [0.2, 0.25) is 0 Å². The average Bonchev–Trinajstić information content (AvgIpc) is 3.21. The van der Waals surface area contributed by atoms with Gasteiger partial charge in [0.1, 0.15) is 0 Å². The van der Waals surface area contributed by atoms with E-state index in [1.165, 1.54) is 11.1 Å². The Bertz CT molecular complexity index is 773. The van der Waals surface area contributed by atoms with Crippen LogP contribution in [0.1, 0.15) is 43.7 Å². The molecule has 0 amide bonds. The van der Waals surface area contributed by atoms with Crippen molar-refractivity contribution in [2.45, 2.75) is 39.5 Å². The van der Waals surface area contributed by atoms with Crippen molar-refractivity contribution in [3.05, 3.63) is 35.4 Å². The molecule has 0 radical (unpaired) electrons. The number of nitrogens with one attached hydrogen (secondary N) is 1. The fraction of sp³-hybridized carbons (Fsp3) is 0.667. The maximum atomic E-state index is 11.7. The van der Waals surface area contributed by atoms with E-state index in [0.717, 1.165) is 38.4 Å². The Morgan fingerprint density at radius 2 is 2.15 bits per heavy atom. The summed E-state index contributed by atoms with van der Waals surface area (Å²) in [6.45, 7) is 9.93. The van der Waals surface area contributed by atoms with Crippen molar-refractivity contribution in [1.29, 1.82) is 0 Å². The number of sulfone groups is 1. The third-order valence-electron chi connectivity index (χ3n) is 5.48. The highest BCUT2D eigenvalue weighted by atomic mass is 32.2. The van der Waals surface area contributed by atoms with Crippen LogP contribution in [0.15, 0.2) is 29.3 Å². The number of hydrogen-bond donors (Lipinski definition) is 1. The number of aryl methyl sites for hydroxylation is 1. The molecule has 3 rings (SSSR count). The molecule has 2 aliphatic heterocycles. The van der Waals surface area contributed by atoms with Gasteiger partial charge in [0.05, 0.1) is 11.5 Å². The van der Waals surface area contributed by atoms with Crippen molar-refractivity contribution in [3.8, 4) is 0 Å². The van der Waals surface area contributed by atoms with Crippen LogP contribution in [-0.2, 0) is 9.84 Å². The van der Waals surface area contributed by atoms with Crippen LogP contribution in [0.4, 0.5) is 0 Å². The molecule has 27 heavy (non-hydrogen) atoms. The number of hydrogen-bond acceptors (Lipinski definition) is 3. The number of nitrogens with zero attached hydrogens (tertiary/aromatic N) is 2. The van der Waals surface area contributed by atoms with Gasteiger partial charge in [0.25, 0.3) is 0 Å². The SMILES string of the molecule is Cc1cccc(C2CCN(C(=NCC(C)C)NCC3CCS(=O)(=O)C3)C2)c1. The van der Waals surface area contributed by atoms with Gasteiger partial charge in [-0.05, 0) is 37.2 Å². The minimum absolute atomic E-state index is 0.203. The van der Waals surface area contributed by atoms with E-state index in [2.05, 4.69) is 55.3 Å². The zero-order chi connectivity index (χ0) is 19.4. The summed E-state index contributed by atoms with van der Waals surface area (Å²) >= 11 is 0. The molecule has 0 spiro atoms. The molecule has 0 saturated carbocycles. The normalized spacial score (nSPS) is 25.3. The third kappa shape index (κ3) is 5.71. The zero-order valence-corrected chi connectivity index (χ0v) is 17.6. The number of likely N-dealkylation sites (tertiary alicyclic amines) is 1. The number of aliphatic imine (C=N–C) groups is 1. The minimum Gasteiger partial charge on any atom is -0.356 e.